The largest absolute Gasteiger partial charge is 0.394 e. The molecule has 2 aromatic carbocycles. The fraction of sp³-hybridized carbons (Fsp3) is 0.294. The van der Waals surface area contributed by atoms with Gasteiger partial charge in [-0.3, -0.25) is 4.31 Å². The highest BCUT2D eigenvalue weighted by molar-refractivity contribution is 7.93. The van der Waals surface area contributed by atoms with Gasteiger partial charge in [0.2, 0.25) is 0 Å². The topological polar surface area (TPSA) is 89.9 Å². The molecular formula is C17H21ClN2O4S. The lowest BCUT2D eigenvalue weighted by Gasteiger charge is -2.25. The standard InChI is InChI=1S/C17H21ClN2O4S/c18-12-15(22)13-19-16-8-4-5-9-17(16)25(23,24)20(10-11-21)14-6-2-1-3-7-14/h1-9,15,19,21-22H,10-13H2. The van der Waals surface area contributed by atoms with E-state index in [1.54, 1.807) is 48.5 Å². The molecule has 1 atom stereocenters. The maximum atomic E-state index is 13.1. The molecule has 0 fully saturated rings. The van der Waals surface area contributed by atoms with Crippen LogP contribution in [0.4, 0.5) is 11.4 Å². The normalized spacial score (nSPS) is 12.6. The second-order valence-electron chi connectivity index (χ2n) is 5.32. The Hall–Kier alpha value is -1.80. The van der Waals surface area contributed by atoms with Crippen molar-refractivity contribution in [3.05, 3.63) is 54.6 Å². The number of sulfonamides is 1. The van der Waals surface area contributed by atoms with E-state index < -0.39 is 16.1 Å². The number of nitrogens with zero attached hydrogens (tertiary/aromatic N) is 1. The fourth-order valence-electron chi connectivity index (χ4n) is 2.31. The van der Waals surface area contributed by atoms with Gasteiger partial charge in [-0.1, -0.05) is 30.3 Å². The van der Waals surface area contributed by atoms with Crippen molar-refractivity contribution in [1.82, 2.24) is 0 Å². The summed E-state index contributed by atoms with van der Waals surface area (Å²) in [6.45, 7) is -0.249. The molecular weight excluding hydrogens is 364 g/mol. The lowest BCUT2D eigenvalue weighted by molar-refractivity contribution is 0.211. The van der Waals surface area contributed by atoms with Crippen molar-refractivity contribution in [3.63, 3.8) is 0 Å². The average Bonchev–Trinajstić information content (AvgIpc) is 2.64. The number of halogens is 1. The van der Waals surface area contributed by atoms with Crippen LogP contribution in [0.25, 0.3) is 0 Å². The molecule has 0 aliphatic carbocycles. The van der Waals surface area contributed by atoms with Crippen LogP contribution in [0.5, 0.6) is 0 Å². The highest BCUT2D eigenvalue weighted by atomic mass is 35.5. The number of rotatable bonds is 9. The van der Waals surface area contributed by atoms with E-state index in [1.807, 2.05) is 0 Å². The van der Waals surface area contributed by atoms with E-state index in [9.17, 15) is 18.6 Å². The molecule has 2 aromatic rings. The van der Waals surface area contributed by atoms with Crippen molar-refractivity contribution in [2.75, 3.05) is 35.2 Å². The Balaban J connectivity index is 2.40. The maximum Gasteiger partial charge on any atom is 0.266 e. The van der Waals surface area contributed by atoms with Gasteiger partial charge in [-0.05, 0) is 24.3 Å². The summed E-state index contributed by atoms with van der Waals surface area (Å²) in [7, 11) is -3.91. The van der Waals surface area contributed by atoms with Crippen molar-refractivity contribution in [3.8, 4) is 0 Å². The van der Waals surface area contributed by atoms with Crippen LogP contribution in [0, 0.1) is 0 Å². The summed E-state index contributed by atoms with van der Waals surface area (Å²) >= 11 is 5.58. The molecule has 0 heterocycles. The van der Waals surface area contributed by atoms with Gasteiger partial charge in [0, 0.05) is 6.54 Å². The first kappa shape index (κ1) is 19.5. The number of aliphatic hydroxyl groups is 2. The van der Waals surface area contributed by atoms with E-state index >= 15 is 0 Å². The molecule has 3 N–H and O–H groups in total. The quantitative estimate of drug-likeness (QED) is 0.574. The number of alkyl halides is 1. The summed E-state index contributed by atoms with van der Waals surface area (Å²) in [5.41, 5.74) is 0.831. The van der Waals surface area contributed by atoms with Crippen molar-refractivity contribution < 1.29 is 18.6 Å². The van der Waals surface area contributed by atoms with Crippen molar-refractivity contribution >= 4 is 33.0 Å². The number of para-hydroxylation sites is 2. The molecule has 0 aliphatic heterocycles. The third-order valence-electron chi connectivity index (χ3n) is 3.51. The molecule has 8 heteroatoms. The third-order valence-corrected chi connectivity index (χ3v) is 5.75. The minimum Gasteiger partial charge on any atom is -0.394 e. The number of aliphatic hydroxyl groups excluding tert-OH is 2. The zero-order valence-corrected chi connectivity index (χ0v) is 15.1. The molecule has 0 saturated carbocycles. The summed E-state index contributed by atoms with van der Waals surface area (Å²) in [5, 5.41) is 21.8. The van der Waals surface area contributed by atoms with Crippen LogP contribution in [-0.4, -0.2) is 50.3 Å². The minimum absolute atomic E-state index is 0.0442. The lowest BCUT2D eigenvalue weighted by atomic mass is 10.3. The molecule has 2 rings (SSSR count). The summed E-state index contributed by atoms with van der Waals surface area (Å²) < 4.78 is 27.4. The third kappa shape index (κ3) is 4.85. The second kappa shape index (κ2) is 9.05. The number of hydrogen-bond donors (Lipinski definition) is 3. The summed E-state index contributed by atoms with van der Waals surface area (Å²) in [6.07, 6.45) is -0.792. The molecule has 0 amide bonds. The van der Waals surface area contributed by atoms with Gasteiger partial charge in [0.15, 0.2) is 0 Å². The van der Waals surface area contributed by atoms with Gasteiger partial charge < -0.3 is 15.5 Å². The molecule has 6 nitrogen and oxygen atoms in total. The molecule has 0 aliphatic rings. The fourth-order valence-corrected chi connectivity index (χ4v) is 4.05. The van der Waals surface area contributed by atoms with Crippen molar-refractivity contribution in [1.29, 1.82) is 0 Å². The van der Waals surface area contributed by atoms with Gasteiger partial charge >= 0.3 is 0 Å². The monoisotopic (exact) mass is 384 g/mol. The summed E-state index contributed by atoms with van der Waals surface area (Å²) in [4.78, 5) is 0.0640. The zero-order valence-electron chi connectivity index (χ0n) is 13.5. The highest BCUT2D eigenvalue weighted by Crippen LogP contribution is 2.28. The van der Waals surface area contributed by atoms with Gasteiger partial charge in [0.1, 0.15) is 4.90 Å². The SMILES string of the molecule is O=S(=O)(c1ccccc1NCC(O)CCl)N(CCO)c1ccccc1. The Morgan fingerprint density at radius 2 is 1.72 bits per heavy atom. The molecule has 0 saturated heterocycles. The molecule has 1 unspecified atom stereocenters. The van der Waals surface area contributed by atoms with Gasteiger partial charge in [-0.25, -0.2) is 8.42 Å². The number of benzene rings is 2. The van der Waals surface area contributed by atoms with Crippen molar-refractivity contribution in [2.24, 2.45) is 0 Å². The average molecular weight is 385 g/mol. The van der Waals surface area contributed by atoms with Crippen LogP contribution < -0.4 is 9.62 Å². The smallest absolute Gasteiger partial charge is 0.266 e. The molecule has 0 radical (unpaired) electrons. The van der Waals surface area contributed by atoms with Gasteiger partial charge in [-0.2, -0.15) is 0 Å². The Bertz CT molecular complexity index is 771. The van der Waals surface area contributed by atoms with Crippen LogP contribution in [0.3, 0.4) is 0 Å². The van der Waals surface area contributed by atoms with Gasteiger partial charge in [0.05, 0.1) is 36.5 Å². The van der Waals surface area contributed by atoms with Crippen LogP contribution in [-0.2, 0) is 10.0 Å². The van der Waals surface area contributed by atoms with Crippen LogP contribution in [0.15, 0.2) is 59.5 Å². The van der Waals surface area contributed by atoms with E-state index in [1.165, 1.54) is 6.07 Å². The summed E-state index contributed by atoms with van der Waals surface area (Å²) in [6, 6.07) is 15.0. The Kier molecular flexibility index (Phi) is 7.07. The van der Waals surface area contributed by atoms with E-state index in [0.717, 1.165) is 4.31 Å². The highest BCUT2D eigenvalue weighted by Gasteiger charge is 2.27. The van der Waals surface area contributed by atoms with Crippen LogP contribution in [0.1, 0.15) is 0 Å². The van der Waals surface area contributed by atoms with Crippen LogP contribution in [0.2, 0.25) is 0 Å². The van der Waals surface area contributed by atoms with E-state index in [2.05, 4.69) is 5.32 Å². The predicted octanol–water partition coefficient (Wildman–Crippen LogP) is 1.89. The molecule has 0 bridgehead atoms. The molecule has 0 aromatic heterocycles. The number of nitrogens with one attached hydrogen (secondary N) is 1. The maximum absolute atomic E-state index is 13.1. The second-order valence-corrected chi connectivity index (χ2v) is 7.46. The predicted molar refractivity (Wildman–Crippen MR) is 99.7 cm³/mol. The van der Waals surface area contributed by atoms with Gasteiger partial charge in [0.25, 0.3) is 10.0 Å². The lowest BCUT2D eigenvalue weighted by Crippen LogP contribution is -2.34. The van der Waals surface area contributed by atoms with Gasteiger partial charge in [-0.15, -0.1) is 11.6 Å². The first-order valence-electron chi connectivity index (χ1n) is 7.76. The Morgan fingerprint density at radius 1 is 1.08 bits per heavy atom. The molecule has 25 heavy (non-hydrogen) atoms. The van der Waals surface area contributed by atoms with E-state index in [4.69, 9.17) is 11.6 Å². The number of hydrogen-bond acceptors (Lipinski definition) is 5. The number of anilines is 2. The Labute approximate surface area is 152 Å². The first-order valence-corrected chi connectivity index (χ1v) is 9.73. The van der Waals surface area contributed by atoms with Crippen molar-refractivity contribution in [2.45, 2.75) is 11.0 Å². The van der Waals surface area contributed by atoms with E-state index in [-0.39, 0.29) is 30.5 Å². The minimum atomic E-state index is -3.91. The van der Waals surface area contributed by atoms with E-state index in [0.29, 0.717) is 11.4 Å². The first-order chi connectivity index (χ1) is 12.0. The molecule has 0 spiro atoms. The van der Waals surface area contributed by atoms with Crippen LogP contribution >= 0.6 is 11.6 Å². The summed E-state index contributed by atoms with van der Waals surface area (Å²) in [5.74, 6) is 0.0442. The zero-order chi connectivity index (χ0) is 18.3. The molecule has 136 valence electrons. The Morgan fingerprint density at radius 3 is 2.36 bits per heavy atom.